The Morgan fingerprint density at radius 2 is 1.64 bits per heavy atom. The van der Waals surface area contributed by atoms with Crippen molar-refractivity contribution < 1.29 is 18.8 Å². The molecule has 0 aliphatic rings. The van der Waals surface area contributed by atoms with Gasteiger partial charge in [-0.25, -0.2) is 0 Å². The summed E-state index contributed by atoms with van der Waals surface area (Å²) >= 11 is 0. The van der Waals surface area contributed by atoms with Gasteiger partial charge in [-0.2, -0.15) is 4.98 Å². The van der Waals surface area contributed by atoms with Crippen molar-refractivity contribution in [2.75, 3.05) is 14.2 Å². The van der Waals surface area contributed by atoms with Crippen LogP contribution in [0.4, 0.5) is 0 Å². The van der Waals surface area contributed by atoms with Gasteiger partial charge in [-0.15, -0.1) is 0 Å². The van der Waals surface area contributed by atoms with Gasteiger partial charge in [0.2, 0.25) is 17.6 Å². The van der Waals surface area contributed by atoms with E-state index < -0.39 is 0 Å². The molecule has 0 radical (unpaired) electrons. The van der Waals surface area contributed by atoms with Crippen LogP contribution in [0, 0.1) is 0 Å². The summed E-state index contributed by atoms with van der Waals surface area (Å²) in [6, 6.07) is 14.8. The molecule has 0 unspecified atom stereocenters. The minimum absolute atomic E-state index is 0.147. The van der Waals surface area contributed by atoms with E-state index in [2.05, 4.69) is 15.5 Å². The average Bonchev–Trinajstić information content (AvgIpc) is 3.21. The van der Waals surface area contributed by atoms with Crippen molar-refractivity contribution in [3.63, 3.8) is 0 Å². The zero-order chi connectivity index (χ0) is 19.9. The van der Waals surface area contributed by atoms with Crippen LogP contribution in [0.2, 0.25) is 0 Å². The van der Waals surface area contributed by atoms with Crippen LogP contribution in [0.3, 0.4) is 0 Å². The minimum Gasteiger partial charge on any atom is -0.497 e. The standard InChI is InChI=1S/C21H21N3O4/c1-14(15-4-8-17(26-2)9-5-15)12-19(25)22-13-20-23-21(24-28-20)16-6-10-18(27-3)11-7-16/h4-12H,13H2,1-3H3,(H,22,25)/b14-12+. The van der Waals surface area contributed by atoms with E-state index in [1.54, 1.807) is 14.2 Å². The van der Waals surface area contributed by atoms with Crippen molar-refractivity contribution in [1.82, 2.24) is 15.5 Å². The molecule has 144 valence electrons. The molecule has 0 fully saturated rings. The Kier molecular flexibility index (Phi) is 6.06. The summed E-state index contributed by atoms with van der Waals surface area (Å²) in [6.45, 7) is 2.02. The van der Waals surface area contributed by atoms with Crippen molar-refractivity contribution >= 4 is 11.5 Å². The van der Waals surface area contributed by atoms with Crippen molar-refractivity contribution in [2.45, 2.75) is 13.5 Å². The smallest absolute Gasteiger partial charge is 0.246 e. The number of hydrogen-bond acceptors (Lipinski definition) is 6. The van der Waals surface area contributed by atoms with Gasteiger partial charge in [-0.1, -0.05) is 17.3 Å². The van der Waals surface area contributed by atoms with Crippen molar-refractivity contribution in [3.8, 4) is 22.9 Å². The first-order valence-corrected chi connectivity index (χ1v) is 8.66. The monoisotopic (exact) mass is 379 g/mol. The molecule has 0 bridgehead atoms. The fourth-order valence-electron chi connectivity index (χ4n) is 2.53. The zero-order valence-corrected chi connectivity index (χ0v) is 15.9. The van der Waals surface area contributed by atoms with E-state index in [1.165, 1.54) is 6.08 Å². The number of rotatable bonds is 7. The molecule has 3 rings (SSSR count). The Morgan fingerprint density at radius 1 is 1.04 bits per heavy atom. The quantitative estimate of drug-likeness (QED) is 0.633. The Balaban J connectivity index is 1.58. The van der Waals surface area contributed by atoms with Crippen molar-refractivity contribution in [3.05, 3.63) is 66.1 Å². The molecule has 0 saturated carbocycles. The third kappa shape index (κ3) is 4.76. The maximum Gasteiger partial charge on any atom is 0.246 e. The summed E-state index contributed by atoms with van der Waals surface area (Å²) in [5.41, 5.74) is 2.58. The van der Waals surface area contributed by atoms with Gasteiger partial charge in [0.1, 0.15) is 11.5 Å². The van der Waals surface area contributed by atoms with Crippen LogP contribution in [0.25, 0.3) is 17.0 Å². The van der Waals surface area contributed by atoms with Crippen LogP contribution < -0.4 is 14.8 Å². The highest BCUT2D eigenvalue weighted by Gasteiger charge is 2.10. The first-order chi connectivity index (χ1) is 13.6. The maximum absolute atomic E-state index is 12.2. The van der Waals surface area contributed by atoms with E-state index in [0.717, 1.165) is 28.2 Å². The zero-order valence-electron chi connectivity index (χ0n) is 15.9. The van der Waals surface area contributed by atoms with E-state index in [-0.39, 0.29) is 12.5 Å². The van der Waals surface area contributed by atoms with E-state index in [4.69, 9.17) is 14.0 Å². The average molecular weight is 379 g/mol. The topological polar surface area (TPSA) is 86.5 Å². The van der Waals surface area contributed by atoms with E-state index in [9.17, 15) is 4.79 Å². The summed E-state index contributed by atoms with van der Waals surface area (Å²) in [7, 11) is 3.22. The molecular weight excluding hydrogens is 358 g/mol. The Hall–Kier alpha value is -3.61. The summed E-state index contributed by atoms with van der Waals surface area (Å²) in [4.78, 5) is 16.5. The third-order valence-corrected chi connectivity index (χ3v) is 4.12. The largest absolute Gasteiger partial charge is 0.497 e. The highest BCUT2D eigenvalue weighted by atomic mass is 16.5. The number of benzene rings is 2. The third-order valence-electron chi connectivity index (χ3n) is 4.12. The normalized spacial score (nSPS) is 11.2. The second-order valence-corrected chi connectivity index (χ2v) is 6.01. The molecule has 0 aliphatic carbocycles. The second kappa shape index (κ2) is 8.85. The number of allylic oxidation sites excluding steroid dienone is 1. The first-order valence-electron chi connectivity index (χ1n) is 8.66. The fourth-order valence-corrected chi connectivity index (χ4v) is 2.53. The van der Waals surface area contributed by atoms with Gasteiger partial charge in [0.05, 0.1) is 20.8 Å². The molecule has 7 heteroatoms. The molecule has 1 heterocycles. The first kappa shape index (κ1) is 19.2. The highest BCUT2D eigenvalue weighted by Crippen LogP contribution is 2.20. The molecule has 7 nitrogen and oxygen atoms in total. The molecule has 1 N–H and O–H groups in total. The summed E-state index contributed by atoms with van der Waals surface area (Å²) in [6.07, 6.45) is 1.53. The summed E-state index contributed by atoms with van der Waals surface area (Å²) in [5, 5.41) is 6.69. The molecule has 1 aromatic heterocycles. The molecule has 1 amide bonds. The van der Waals surface area contributed by atoms with Gasteiger partial charge in [0, 0.05) is 11.6 Å². The van der Waals surface area contributed by atoms with Crippen LogP contribution >= 0.6 is 0 Å². The van der Waals surface area contributed by atoms with E-state index in [1.807, 2.05) is 55.5 Å². The van der Waals surface area contributed by atoms with Gasteiger partial charge in [0.15, 0.2) is 0 Å². The number of aromatic nitrogens is 2. The number of methoxy groups -OCH3 is 2. The predicted octanol–water partition coefficient (Wildman–Crippen LogP) is 3.47. The van der Waals surface area contributed by atoms with Gasteiger partial charge in [0.25, 0.3) is 0 Å². The lowest BCUT2D eigenvalue weighted by Gasteiger charge is -2.04. The Labute approximate surface area is 163 Å². The SMILES string of the molecule is COc1ccc(/C(C)=C/C(=O)NCc2nc(-c3ccc(OC)cc3)no2)cc1. The highest BCUT2D eigenvalue weighted by molar-refractivity contribution is 5.94. The molecule has 2 aromatic carbocycles. The number of carbonyl (C=O) groups excluding carboxylic acids is 1. The van der Waals surface area contributed by atoms with Crippen LogP contribution in [0.15, 0.2) is 59.1 Å². The lowest BCUT2D eigenvalue weighted by molar-refractivity contribution is -0.116. The summed E-state index contributed by atoms with van der Waals surface area (Å²) < 4.78 is 15.5. The Bertz CT molecular complexity index is 960. The maximum atomic E-state index is 12.2. The van der Waals surface area contributed by atoms with Crippen LogP contribution in [-0.4, -0.2) is 30.3 Å². The van der Waals surface area contributed by atoms with Crippen molar-refractivity contribution in [1.29, 1.82) is 0 Å². The van der Waals surface area contributed by atoms with Gasteiger partial charge >= 0.3 is 0 Å². The number of amides is 1. The van der Waals surface area contributed by atoms with Crippen molar-refractivity contribution in [2.24, 2.45) is 0 Å². The number of ether oxygens (including phenoxy) is 2. The van der Waals surface area contributed by atoms with Gasteiger partial charge < -0.3 is 19.3 Å². The molecule has 3 aromatic rings. The minimum atomic E-state index is -0.238. The number of carbonyl (C=O) groups is 1. The molecule has 28 heavy (non-hydrogen) atoms. The molecule has 0 atom stereocenters. The molecule has 0 aliphatic heterocycles. The van der Waals surface area contributed by atoms with E-state index in [0.29, 0.717) is 11.7 Å². The molecular formula is C21H21N3O4. The lowest BCUT2D eigenvalue weighted by Crippen LogP contribution is -2.20. The van der Waals surface area contributed by atoms with Crippen LogP contribution in [0.1, 0.15) is 18.4 Å². The summed E-state index contributed by atoms with van der Waals surface area (Å²) in [5.74, 6) is 2.06. The lowest BCUT2D eigenvalue weighted by atomic mass is 10.1. The van der Waals surface area contributed by atoms with Crippen LogP contribution in [-0.2, 0) is 11.3 Å². The predicted molar refractivity (Wildman–Crippen MR) is 105 cm³/mol. The van der Waals surface area contributed by atoms with Gasteiger partial charge in [-0.3, -0.25) is 4.79 Å². The molecule has 0 saturated heterocycles. The van der Waals surface area contributed by atoms with Gasteiger partial charge in [-0.05, 0) is 54.5 Å². The van der Waals surface area contributed by atoms with Crippen LogP contribution in [0.5, 0.6) is 11.5 Å². The fraction of sp³-hybridized carbons (Fsp3) is 0.190. The number of nitrogens with one attached hydrogen (secondary N) is 1. The van der Waals surface area contributed by atoms with E-state index >= 15 is 0 Å². The Morgan fingerprint density at radius 3 is 2.25 bits per heavy atom. The second-order valence-electron chi connectivity index (χ2n) is 6.01. The number of nitrogens with zero attached hydrogens (tertiary/aromatic N) is 2. The number of hydrogen-bond donors (Lipinski definition) is 1. The molecule has 0 spiro atoms.